The predicted molar refractivity (Wildman–Crippen MR) is 101 cm³/mol. The normalized spacial score (nSPS) is 22.5. The van der Waals surface area contributed by atoms with Crippen LogP contribution < -0.4 is 10.6 Å². The highest BCUT2D eigenvalue weighted by atomic mass is 35.5. The lowest BCUT2D eigenvalue weighted by atomic mass is 9.88. The lowest BCUT2D eigenvalue weighted by molar-refractivity contribution is -0.138. The zero-order valence-electron chi connectivity index (χ0n) is 14.2. The summed E-state index contributed by atoms with van der Waals surface area (Å²) < 4.78 is 0. The van der Waals surface area contributed by atoms with E-state index in [0.29, 0.717) is 18.1 Å². The van der Waals surface area contributed by atoms with Crippen LogP contribution in [-0.4, -0.2) is 36.3 Å². The van der Waals surface area contributed by atoms with E-state index in [-0.39, 0.29) is 24.3 Å². The molecule has 0 radical (unpaired) electrons. The number of para-hydroxylation sites is 1. The Bertz CT molecular complexity index is 854. The van der Waals surface area contributed by atoms with Crippen molar-refractivity contribution < 1.29 is 9.59 Å². The molecule has 2 aromatic rings. The number of benzene rings is 2. The first-order chi connectivity index (χ1) is 12.6. The lowest BCUT2D eigenvalue weighted by Crippen LogP contribution is -2.50. The summed E-state index contributed by atoms with van der Waals surface area (Å²) in [5.41, 5.74) is 2.54. The highest BCUT2D eigenvalue weighted by molar-refractivity contribution is 6.31. The zero-order chi connectivity index (χ0) is 18.1. The first-order valence-electron chi connectivity index (χ1n) is 8.79. The number of hydrogen-bond acceptors (Lipinski definition) is 3. The monoisotopic (exact) mass is 369 g/mol. The van der Waals surface area contributed by atoms with Crippen molar-refractivity contribution in [3.63, 3.8) is 0 Å². The molecule has 2 aliphatic heterocycles. The van der Waals surface area contributed by atoms with Crippen LogP contribution in [0.4, 0.5) is 5.69 Å². The molecule has 2 N–H and O–H groups in total. The van der Waals surface area contributed by atoms with E-state index in [2.05, 4.69) is 10.6 Å². The average Bonchev–Trinajstić information content (AvgIpc) is 2.67. The Hall–Kier alpha value is -2.37. The lowest BCUT2D eigenvalue weighted by Gasteiger charge is -2.39. The second-order valence-electron chi connectivity index (χ2n) is 6.67. The molecule has 5 nitrogen and oxygen atoms in total. The van der Waals surface area contributed by atoms with Crippen molar-refractivity contribution in [1.29, 1.82) is 0 Å². The van der Waals surface area contributed by atoms with Gasteiger partial charge in [-0.2, -0.15) is 0 Å². The minimum atomic E-state index is -0.456. The molecule has 2 heterocycles. The molecule has 2 aromatic carbocycles. The minimum absolute atomic E-state index is 0.0151. The molecule has 0 saturated carbocycles. The molecule has 134 valence electrons. The van der Waals surface area contributed by atoms with Gasteiger partial charge >= 0.3 is 0 Å². The fraction of sp³-hybridized carbons (Fsp3) is 0.300. The maximum atomic E-state index is 13.4. The zero-order valence-corrected chi connectivity index (χ0v) is 15.0. The molecule has 0 spiro atoms. The molecule has 4 rings (SSSR count). The molecule has 1 fully saturated rings. The molecule has 2 atom stereocenters. The van der Waals surface area contributed by atoms with Crippen molar-refractivity contribution in [2.24, 2.45) is 0 Å². The van der Waals surface area contributed by atoms with Gasteiger partial charge < -0.3 is 15.5 Å². The summed E-state index contributed by atoms with van der Waals surface area (Å²) in [6.07, 6.45) is 0.176. The quantitative estimate of drug-likeness (QED) is 0.855. The fourth-order valence-corrected chi connectivity index (χ4v) is 4.08. The molecular weight excluding hydrogens is 350 g/mol. The smallest absolute Gasteiger partial charge is 0.231 e. The van der Waals surface area contributed by atoms with Crippen LogP contribution in [0.1, 0.15) is 29.5 Å². The highest BCUT2D eigenvalue weighted by Crippen LogP contribution is 2.36. The number of piperazine rings is 1. The van der Waals surface area contributed by atoms with Gasteiger partial charge in [0.25, 0.3) is 0 Å². The van der Waals surface area contributed by atoms with Gasteiger partial charge in [0.05, 0.1) is 12.0 Å². The number of nitrogens with one attached hydrogen (secondary N) is 2. The van der Waals surface area contributed by atoms with Crippen LogP contribution in [0.3, 0.4) is 0 Å². The number of amides is 2. The molecule has 6 heteroatoms. The molecule has 0 aromatic heterocycles. The molecule has 1 saturated heterocycles. The Kier molecular flexibility index (Phi) is 4.66. The molecular formula is C20H20ClN3O2. The van der Waals surface area contributed by atoms with Crippen molar-refractivity contribution in [3.05, 3.63) is 64.7 Å². The fourth-order valence-electron chi connectivity index (χ4n) is 3.82. The summed E-state index contributed by atoms with van der Waals surface area (Å²) >= 11 is 6.39. The van der Waals surface area contributed by atoms with Gasteiger partial charge in [0, 0.05) is 36.8 Å². The van der Waals surface area contributed by atoms with E-state index in [0.717, 1.165) is 23.4 Å². The number of carbonyl (C=O) groups is 2. The molecule has 2 unspecified atom stereocenters. The molecule has 0 bridgehead atoms. The van der Waals surface area contributed by atoms with Crippen LogP contribution in [0.15, 0.2) is 48.5 Å². The van der Waals surface area contributed by atoms with Gasteiger partial charge in [-0.3, -0.25) is 9.59 Å². The van der Waals surface area contributed by atoms with Gasteiger partial charge in [-0.15, -0.1) is 0 Å². The Morgan fingerprint density at radius 1 is 1.08 bits per heavy atom. The van der Waals surface area contributed by atoms with E-state index in [1.54, 1.807) is 0 Å². The van der Waals surface area contributed by atoms with E-state index >= 15 is 0 Å². The number of rotatable bonds is 2. The summed E-state index contributed by atoms with van der Waals surface area (Å²) in [7, 11) is 0. The van der Waals surface area contributed by atoms with Crippen LogP contribution in [0.5, 0.6) is 0 Å². The first-order valence-corrected chi connectivity index (χ1v) is 9.17. The molecule has 26 heavy (non-hydrogen) atoms. The standard InChI is InChI=1S/C20H20ClN3O2/c21-16-7-3-1-6-14(16)18-12-22-9-10-24(18)20(26)15-11-19(25)23-17-8-4-2-5-13(15)17/h1-8,15,18,22H,9-12H2,(H,23,25). The van der Waals surface area contributed by atoms with Crippen LogP contribution in [-0.2, 0) is 9.59 Å². The second-order valence-corrected chi connectivity index (χ2v) is 7.07. The maximum absolute atomic E-state index is 13.4. The number of halogens is 1. The second kappa shape index (κ2) is 7.09. The summed E-state index contributed by atoms with van der Waals surface area (Å²) in [6, 6.07) is 15.0. The number of hydrogen-bond donors (Lipinski definition) is 2. The van der Waals surface area contributed by atoms with E-state index in [1.807, 2.05) is 53.4 Å². The van der Waals surface area contributed by atoms with Crippen molar-refractivity contribution in [2.45, 2.75) is 18.4 Å². The maximum Gasteiger partial charge on any atom is 0.231 e. The van der Waals surface area contributed by atoms with Gasteiger partial charge in [0.15, 0.2) is 0 Å². The number of anilines is 1. The van der Waals surface area contributed by atoms with E-state index < -0.39 is 5.92 Å². The van der Waals surface area contributed by atoms with Crippen molar-refractivity contribution in [1.82, 2.24) is 10.2 Å². The van der Waals surface area contributed by atoms with E-state index in [1.165, 1.54) is 0 Å². The van der Waals surface area contributed by atoms with Crippen molar-refractivity contribution in [3.8, 4) is 0 Å². The third-order valence-electron chi connectivity index (χ3n) is 5.09. The molecule has 2 amide bonds. The Balaban J connectivity index is 1.68. The van der Waals surface area contributed by atoms with Crippen molar-refractivity contribution >= 4 is 29.1 Å². The van der Waals surface area contributed by atoms with E-state index in [4.69, 9.17) is 11.6 Å². The largest absolute Gasteiger partial charge is 0.332 e. The van der Waals surface area contributed by atoms with Crippen molar-refractivity contribution in [2.75, 3.05) is 25.0 Å². The van der Waals surface area contributed by atoms with Crippen LogP contribution in [0.2, 0.25) is 5.02 Å². The van der Waals surface area contributed by atoms with Gasteiger partial charge in [-0.05, 0) is 23.3 Å². The summed E-state index contributed by atoms with van der Waals surface area (Å²) in [4.78, 5) is 27.4. The average molecular weight is 370 g/mol. The topological polar surface area (TPSA) is 61.4 Å². The first kappa shape index (κ1) is 17.1. The number of carbonyl (C=O) groups excluding carboxylic acids is 2. The predicted octanol–water partition coefficient (Wildman–Crippen LogP) is 2.94. The van der Waals surface area contributed by atoms with Crippen LogP contribution in [0.25, 0.3) is 0 Å². The highest BCUT2D eigenvalue weighted by Gasteiger charge is 2.37. The molecule has 2 aliphatic rings. The number of fused-ring (bicyclic) bond motifs is 1. The van der Waals surface area contributed by atoms with E-state index in [9.17, 15) is 9.59 Å². The Labute approximate surface area is 157 Å². The molecule has 0 aliphatic carbocycles. The SMILES string of the molecule is O=C1CC(C(=O)N2CCNCC2c2ccccc2Cl)c2ccccc2N1. The summed E-state index contributed by atoms with van der Waals surface area (Å²) in [5, 5.41) is 6.85. The Morgan fingerprint density at radius 2 is 1.81 bits per heavy atom. The van der Waals surface area contributed by atoms with Gasteiger partial charge in [0.2, 0.25) is 11.8 Å². The summed E-state index contributed by atoms with van der Waals surface area (Å²) in [6.45, 7) is 1.97. The number of nitrogens with zero attached hydrogens (tertiary/aromatic N) is 1. The summed E-state index contributed by atoms with van der Waals surface area (Å²) in [5.74, 6) is -0.590. The van der Waals surface area contributed by atoms with Crippen LogP contribution >= 0.6 is 11.6 Å². The van der Waals surface area contributed by atoms with Gasteiger partial charge in [0.1, 0.15) is 0 Å². The van der Waals surface area contributed by atoms with Gasteiger partial charge in [-0.1, -0.05) is 48.0 Å². The minimum Gasteiger partial charge on any atom is -0.332 e. The van der Waals surface area contributed by atoms with Gasteiger partial charge in [-0.25, -0.2) is 0 Å². The Morgan fingerprint density at radius 3 is 2.62 bits per heavy atom. The van der Waals surface area contributed by atoms with Crippen LogP contribution in [0, 0.1) is 0 Å². The third kappa shape index (κ3) is 3.08. The third-order valence-corrected chi connectivity index (χ3v) is 5.43.